The first-order valence-electron chi connectivity index (χ1n) is 8.95. The number of benzene rings is 1. The Labute approximate surface area is 148 Å². The molecule has 25 heavy (non-hydrogen) atoms. The summed E-state index contributed by atoms with van der Waals surface area (Å²) in [5.41, 5.74) is 5.67. The third kappa shape index (κ3) is 3.41. The monoisotopic (exact) mass is 342 g/mol. The summed E-state index contributed by atoms with van der Waals surface area (Å²) in [6.45, 7) is 6.49. The largest absolute Gasteiger partial charge is 0.496 e. The van der Waals surface area contributed by atoms with E-state index in [1.54, 1.807) is 7.11 Å². The average Bonchev–Trinajstić information content (AvgIpc) is 3.16. The molecule has 5 heteroatoms. The highest BCUT2D eigenvalue weighted by Gasteiger charge is 2.26. The van der Waals surface area contributed by atoms with Crippen molar-refractivity contribution in [3.8, 4) is 16.9 Å². The van der Waals surface area contributed by atoms with Gasteiger partial charge in [-0.1, -0.05) is 12.1 Å². The molecule has 0 spiro atoms. The Balaban J connectivity index is 1.87. The molecule has 1 amide bonds. The topological polar surface area (TPSA) is 64.4 Å². The van der Waals surface area contributed by atoms with Gasteiger partial charge in [-0.05, 0) is 62.3 Å². The molecule has 0 fully saturated rings. The van der Waals surface area contributed by atoms with Crippen molar-refractivity contribution in [2.75, 3.05) is 13.7 Å². The highest BCUT2D eigenvalue weighted by atomic mass is 16.5. The fourth-order valence-corrected chi connectivity index (χ4v) is 3.76. The van der Waals surface area contributed by atoms with Crippen LogP contribution in [0.3, 0.4) is 0 Å². The Hall–Kier alpha value is -2.30. The highest BCUT2D eigenvalue weighted by Crippen LogP contribution is 2.43. The second kappa shape index (κ2) is 7.30. The number of aromatic nitrogens is 1. The van der Waals surface area contributed by atoms with Crippen molar-refractivity contribution < 1.29 is 14.1 Å². The van der Waals surface area contributed by atoms with E-state index in [0.29, 0.717) is 12.3 Å². The molecule has 2 aromatic rings. The maximum absolute atomic E-state index is 11.4. The predicted molar refractivity (Wildman–Crippen MR) is 96.9 cm³/mol. The van der Waals surface area contributed by atoms with Crippen molar-refractivity contribution in [1.29, 1.82) is 0 Å². The molecule has 1 aromatic carbocycles. The molecule has 1 aliphatic carbocycles. The maximum Gasteiger partial charge on any atom is 0.219 e. The van der Waals surface area contributed by atoms with Crippen LogP contribution in [0.25, 0.3) is 11.1 Å². The number of ether oxygens (including phenoxy) is 1. The third-order valence-corrected chi connectivity index (χ3v) is 5.10. The molecule has 1 aromatic heterocycles. The maximum atomic E-state index is 11.4. The van der Waals surface area contributed by atoms with Crippen LogP contribution >= 0.6 is 0 Å². The zero-order valence-corrected chi connectivity index (χ0v) is 15.4. The number of carbonyl (C=O) groups excluding carboxylic acids is 1. The van der Waals surface area contributed by atoms with Crippen molar-refractivity contribution in [3.63, 3.8) is 0 Å². The fraction of sp³-hybridized carbons (Fsp3) is 0.500. The molecule has 134 valence electrons. The predicted octanol–water partition coefficient (Wildman–Crippen LogP) is 3.91. The number of nitrogens with zero attached hydrogens (tertiary/aromatic N) is 1. The van der Waals surface area contributed by atoms with Crippen LogP contribution in [0.1, 0.15) is 54.7 Å². The summed E-state index contributed by atoms with van der Waals surface area (Å²) in [7, 11) is 1.70. The van der Waals surface area contributed by atoms with Gasteiger partial charge in [-0.2, -0.15) is 0 Å². The van der Waals surface area contributed by atoms with E-state index in [9.17, 15) is 4.79 Å². The SMILES string of the molecule is CCC(=O)NCCC1CCc2cc(-c3c(C)noc3C)c(OC)cc21. The molecule has 1 aliphatic rings. The smallest absolute Gasteiger partial charge is 0.219 e. The standard InChI is InChI=1S/C20H26N2O3/c1-5-19(23)21-9-8-14-6-7-15-10-17(18(24-4)11-16(14)15)20-12(2)22-25-13(20)3/h10-11,14H,5-9H2,1-4H3,(H,21,23). The summed E-state index contributed by atoms with van der Waals surface area (Å²) in [6, 6.07) is 4.39. The lowest BCUT2D eigenvalue weighted by Crippen LogP contribution is -2.24. The van der Waals surface area contributed by atoms with Gasteiger partial charge in [0, 0.05) is 18.5 Å². The number of nitrogens with one attached hydrogen (secondary N) is 1. The van der Waals surface area contributed by atoms with Crippen molar-refractivity contribution in [2.45, 2.75) is 52.4 Å². The molecular formula is C20H26N2O3. The van der Waals surface area contributed by atoms with E-state index in [1.165, 1.54) is 11.1 Å². The molecule has 0 saturated carbocycles. The lowest BCUT2D eigenvalue weighted by Gasteiger charge is -2.15. The number of carbonyl (C=O) groups is 1. The normalized spacial score (nSPS) is 15.9. The third-order valence-electron chi connectivity index (χ3n) is 5.10. The zero-order chi connectivity index (χ0) is 18.0. The van der Waals surface area contributed by atoms with Gasteiger partial charge >= 0.3 is 0 Å². The Bertz CT molecular complexity index is 760. The van der Waals surface area contributed by atoms with Gasteiger partial charge in [-0.25, -0.2) is 0 Å². The first-order valence-corrected chi connectivity index (χ1v) is 8.95. The summed E-state index contributed by atoms with van der Waals surface area (Å²) in [6.07, 6.45) is 3.68. The summed E-state index contributed by atoms with van der Waals surface area (Å²) in [5, 5.41) is 7.05. The fourth-order valence-electron chi connectivity index (χ4n) is 3.76. The molecule has 1 unspecified atom stereocenters. The van der Waals surface area contributed by atoms with Crippen LogP contribution in [0.15, 0.2) is 16.7 Å². The lowest BCUT2D eigenvalue weighted by molar-refractivity contribution is -0.120. The molecule has 1 N–H and O–H groups in total. The van der Waals surface area contributed by atoms with Gasteiger partial charge in [0.15, 0.2) is 0 Å². The molecule has 0 radical (unpaired) electrons. The van der Waals surface area contributed by atoms with Crippen molar-refractivity contribution >= 4 is 5.91 Å². The molecule has 1 heterocycles. The van der Waals surface area contributed by atoms with E-state index in [-0.39, 0.29) is 5.91 Å². The summed E-state index contributed by atoms with van der Waals surface area (Å²) < 4.78 is 11.0. The number of fused-ring (bicyclic) bond motifs is 1. The van der Waals surface area contributed by atoms with Crippen molar-refractivity contribution in [1.82, 2.24) is 10.5 Å². The first kappa shape index (κ1) is 17.5. The number of methoxy groups -OCH3 is 1. The summed E-state index contributed by atoms with van der Waals surface area (Å²) >= 11 is 0. The van der Waals surface area contributed by atoms with Gasteiger partial charge in [0.1, 0.15) is 11.5 Å². The molecular weight excluding hydrogens is 316 g/mol. The Morgan fingerprint density at radius 2 is 2.20 bits per heavy atom. The van der Waals surface area contributed by atoms with Crippen LogP contribution in [-0.4, -0.2) is 24.7 Å². The summed E-state index contributed by atoms with van der Waals surface area (Å²) in [5.74, 6) is 2.26. The minimum atomic E-state index is 0.115. The molecule has 0 aliphatic heterocycles. The van der Waals surface area contributed by atoms with E-state index in [2.05, 4.69) is 22.6 Å². The highest BCUT2D eigenvalue weighted by molar-refractivity contribution is 5.76. The molecule has 0 bridgehead atoms. The van der Waals surface area contributed by atoms with Crippen LogP contribution in [0.4, 0.5) is 0 Å². The van der Waals surface area contributed by atoms with Crippen molar-refractivity contribution in [3.05, 3.63) is 34.7 Å². The Kier molecular flexibility index (Phi) is 5.11. The van der Waals surface area contributed by atoms with Gasteiger partial charge in [0.05, 0.1) is 18.4 Å². The second-order valence-electron chi connectivity index (χ2n) is 6.68. The lowest BCUT2D eigenvalue weighted by atomic mass is 9.93. The second-order valence-corrected chi connectivity index (χ2v) is 6.68. The zero-order valence-electron chi connectivity index (χ0n) is 15.4. The van der Waals surface area contributed by atoms with Crippen LogP contribution in [-0.2, 0) is 11.2 Å². The van der Waals surface area contributed by atoms with E-state index >= 15 is 0 Å². The van der Waals surface area contributed by atoms with E-state index < -0.39 is 0 Å². The Morgan fingerprint density at radius 3 is 2.84 bits per heavy atom. The van der Waals surface area contributed by atoms with Crippen LogP contribution in [0.5, 0.6) is 5.75 Å². The molecule has 0 saturated heterocycles. The van der Waals surface area contributed by atoms with E-state index in [0.717, 1.165) is 54.1 Å². The number of hydrogen-bond acceptors (Lipinski definition) is 4. The molecule has 3 rings (SSSR count). The number of rotatable bonds is 6. The molecule has 1 atom stereocenters. The van der Waals surface area contributed by atoms with Gasteiger partial charge < -0.3 is 14.6 Å². The quantitative estimate of drug-likeness (QED) is 0.864. The van der Waals surface area contributed by atoms with Gasteiger partial charge in [0.25, 0.3) is 0 Å². The van der Waals surface area contributed by atoms with Gasteiger partial charge in [-0.15, -0.1) is 0 Å². The van der Waals surface area contributed by atoms with Crippen LogP contribution in [0.2, 0.25) is 0 Å². The van der Waals surface area contributed by atoms with Crippen LogP contribution in [0, 0.1) is 13.8 Å². The van der Waals surface area contributed by atoms with Crippen molar-refractivity contribution in [2.24, 2.45) is 0 Å². The number of aryl methyl sites for hydroxylation is 3. The number of hydrogen-bond donors (Lipinski definition) is 1. The minimum absolute atomic E-state index is 0.115. The average molecular weight is 342 g/mol. The Morgan fingerprint density at radius 1 is 1.40 bits per heavy atom. The van der Waals surface area contributed by atoms with Gasteiger partial charge in [-0.3, -0.25) is 4.79 Å². The minimum Gasteiger partial charge on any atom is -0.496 e. The first-order chi connectivity index (χ1) is 12.0. The van der Waals surface area contributed by atoms with E-state index in [1.807, 2.05) is 20.8 Å². The van der Waals surface area contributed by atoms with Crippen LogP contribution < -0.4 is 10.1 Å². The van der Waals surface area contributed by atoms with E-state index in [4.69, 9.17) is 9.26 Å². The number of amides is 1. The molecule has 5 nitrogen and oxygen atoms in total. The van der Waals surface area contributed by atoms with Gasteiger partial charge in [0.2, 0.25) is 5.91 Å². The summed E-state index contributed by atoms with van der Waals surface area (Å²) in [4.78, 5) is 11.4.